The summed E-state index contributed by atoms with van der Waals surface area (Å²) in [5.74, 6) is 0.0744. The van der Waals surface area contributed by atoms with E-state index in [4.69, 9.17) is 21.7 Å². The third-order valence-electron chi connectivity index (χ3n) is 4.42. The Kier molecular flexibility index (Phi) is 7.40. The second kappa shape index (κ2) is 10.4. The highest BCUT2D eigenvalue weighted by Crippen LogP contribution is 2.22. The van der Waals surface area contributed by atoms with Gasteiger partial charge >= 0.3 is 0 Å². The summed E-state index contributed by atoms with van der Waals surface area (Å²) in [4.78, 5) is 25.4. The van der Waals surface area contributed by atoms with Crippen LogP contribution in [-0.2, 0) is 6.54 Å². The molecule has 0 bridgehead atoms. The summed E-state index contributed by atoms with van der Waals surface area (Å²) in [6.07, 6.45) is 1.65. The lowest BCUT2D eigenvalue weighted by Crippen LogP contribution is -2.34. The van der Waals surface area contributed by atoms with Crippen molar-refractivity contribution in [2.24, 2.45) is 0 Å². The second-order valence-corrected chi connectivity index (χ2v) is 6.99. The van der Waals surface area contributed by atoms with Gasteiger partial charge in [0.15, 0.2) is 10.8 Å². The second-order valence-electron chi connectivity index (χ2n) is 6.58. The van der Waals surface area contributed by atoms with Crippen molar-refractivity contribution in [3.63, 3.8) is 0 Å². The fraction of sp³-hybridized carbons (Fsp3) is 0.182. The first-order chi connectivity index (χ1) is 15.4. The molecule has 3 N–H and O–H groups in total. The average Bonchev–Trinajstić information content (AvgIpc) is 3.22. The topological polar surface area (TPSA) is 107 Å². The zero-order valence-electron chi connectivity index (χ0n) is 17.8. The molecule has 0 aliphatic rings. The summed E-state index contributed by atoms with van der Waals surface area (Å²) in [6, 6.07) is 13.8. The molecule has 3 aromatic rings. The van der Waals surface area contributed by atoms with Crippen LogP contribution in [0.15, 0.2) is 54.7 Å². The molecule has 166 valence electrons. The average molecular weight is 454 g/mol. The van der Waals surface area contributed by atoms with E-state index in [9.17, 15) is 9.59 Å². The van der Waals surface area contributed by atoms with E-state index in [-0.39, 0.29) is 10.8 Å². The number of nitrogens with one attached hydrogen (secondary N) is 3. The Balaban J connectivity index is 1.74. The lowest BCUT2D eigenvalue weighted by molar-refractivity contribution is 0.0976. The smallest absolute Gasteiger partial charge is 0.278 e. The molecule has 1 heterocycles. The lowest BCUT2D eigenvalue weighted by atomic mass is 10.2. The Morgan fingerprint density at radius 1 is 1.00 bits per heavy atom. The summed E-state index contributed by atoms with van der Waals surface area (Å²) < 4.78 is 12.0. The van der Waals surface area contributed by atoms with Crippen LogP contribution in [0.2, 0.25) is 0 Å². The van der Waals surface area contributed by atoms with Crippen molar-refractivity contribution in [2.45, 2.75) is 13.5 Å². The van der Waals surface area contributed by atoms with E-state index in [1.54, 1.807) is 41.2 Å². The van der Waals surface area contributed by atoms with E-state index in [0.29, 0.717) is 35.0 Å². The molecule has 0 saturated carbocycles. The Bertz CT molecular complexity index is 1110. The Labute approximate surface area is 190 Å². The van der Waals surface area contributed by atoms with Gasteiger partial charge in [0.2, 0.25) is 0 Å². The van der Waals surface area contributed by atoms with Gasteiger partial charge in [0.05, 0.1) is 19.9 Å². The number of anilines is 2. The quantitative estimate of drug-likeness (QED) is 0.471. The van der Waals surface area contributed by atoms with Gasteiger partial charge in [-0.1, -0.05) is 18.2 Å². The fourth-order valence-electron chi connectivity index (χ4n) is 2.82. The number of hydrogen-bond acceptors (Lipinski definition) is 6. The number of benzene rings is 2. The van der Waals surface area contributed by atoms with Gasteiger partial charge in [-0.3, -0.25) is 19.6 Å². The summed E-state index contributed by atoms with van der Waals surface area (Å²) in [5, 5.41) is 12.6. The molecule has 2 aromatic carbocycles. The van der Waals surface area contributed by atoms with Crippen molar-refractivity contribution in [1.29, 1.82) is 0 Å². The molecule has 0 fully saturated rings. The van der Waals surface area contributed by atoms with Crippen LogP contribution in [0, 0.1) is 0 Å². The van der Waals surface area contributed by atoms with Crippen LogP contribution in [0.1, 0.15) is 27.8 Å². The maximum Gasteiger partial charge on any atom is 0.278 e. The Hall–Kier alpha value is -3.92. The van der Waals surface area contributed by atoms with E-state index >= 15 is 0 Å². The molecule has 0 atom stereocenters. The van der Waals surface area contributed by atoms with Crippen molar-refractivity contribution in [2.75, 3.05) is 24.9 Å². The van der Waals surface area contributed by atoms with E-state index in [2.05, 4.69) is 21.0 Å². The number of thiocarbonyl (C=S) groups is 1. The third-order valence-corrected chi connectivity index (χ3v) is 4.63. The number of rotatable bonds is 7. The molecule has 0 aliphatic carbocycles. The normalized spacial score (nSPS) is 10.2. The standard InChI is InChI=1S/C22H23N5O4S/c1-4-27-13-18(19(26-27)21(29)23-15-8-6-5-7-9-15)24-22(32)25-20(28)14-10-16(30-2)12-17(11-14)31-3/h5-13H,4H2,1-3H3,(H,23,29)(H2,24,25,28,32). The van der Waals surface area contributed by atoms with Gasteiger partial charge in [-0.05, 0) is 43.4 Å². The van der Waals surface area contributed by atoms with Gasteiger partial charge in [0.1, 0.15) is 11.5 Å². The highest BCUT2D eigenvalue weighted by atomic mass is 32.1. The molecule has 0 saturated heterocycles. The SMILES string of the molecule is CCn1cc(NC(=S)NC(=O)c2cc(OC)cc(OC)c2)c(C(=O)Nc2ccccc2)n1. The fourth-order valence-corrected chi connectivity index (χ4v) is 3.02. The summed E-state index contributed by atoms with van der Waals surface area (Å²) in [7, 11) is 2.99. The van der Waals surface area contributed by atoms with Gasteiger partial charge in [-0.2, -0.15) is 5.10 Å². The molecule has 0 unspecified atom stereocenters. The highest BCUT2D eigenvalue weighted by molar-refractivity contribution is 7.80. The van der Waals surface area contributed by atoms with Gasteiger partial charge in [0, 0.05) is 30.1 Å². The Morgan fingerprint density at radius 2 is 1.66 bits per heavy atom. The number of aromatic nitrogens is 2. The number of para-hydroxylation sites is 1. The van der Waals surface area contributed by atoms with Gasteiger partial charge in [0.25, 0.3) is 11.8 Å². The molecule has 0 aliphatic heterocycles. The van der Waals surface area contributed by atoms with Crippen molar-refractivity contribution < 1.29 is 19.1 Å². The summed E-state index contributed by atoms with van der Waals surface area (Å²) >= 11 is 5.28. The number of carbonyl (C=O) groups is 2. The van der Waals surface area contributed by atoms with E-state index in [0.717, 1.165) is 0 Å². The molecule has 10 heteroatoms. The third kappa shape index (κ3) is 5.61. The summed E-state index contributed by atoms with van der Waals surface area (Å²) in [6.45, 7) is 2.45. The first-order valence-electron chi connectivity index (χ1n) is 9.72. The predicted octanol–water partition coefficient (Wildman–Crippen LogP) is 3.30. The van der Waals surface area contributed by atoms with Crippen molar-refractivity contribution in [1.82, 2.24) is 15.1 Å². The summed E-state index contributed by atoms with van der Waals surface area (Å²) in [5.41, 5.74) is 1.46. The number of nitrogens with zero attached hydrogens (tertiary/aromatic N) is 2. The molecular weight excluding hydrogens is 430 g/mol. The van der Waals surface area contributed by atoms with Gasteiger partial charge < -0.3 is 20.1 Å². The Morgan fingerprint density at radius 3 is 2.25 bits per heavy atom. The monoisotopic (exact) mass is 453 g/mol. The maximum absolute atomic E-state index is 12.7. The molecule has 2 amide bonds. The number of carbonyl (C=O) groups excluding carboxylic acids is 2. The van der Waals surface area contributed by atoms with Crippen LogP contribution in [0.5, 0.6) is 11.5 Å². The highest BCUT2D eigenvalue weighted by Gasteiger charge is 2.19. The molecular formula is C22H23N5O4S. The largest absolute Gasteiger partial charge is 0.497 e. The molecule has 0 spiro atoms. The molecule has 0 radical (unpaired) electrons. The van der Waals surface area contributed by atoms with E-state index in [1.165, 1.54) is 14.2 Å². The van der Waals surface area contributed by atoms with Crippen LogP contribution in [0.25, 0.3) is 0 Å². The van der Waals surface area contributed by atoms with Crippen LogP contribution in [-0.4, -0.2) is 40.9 Å². The number of ether oxygens (including phenoxy) is 2. The zero-order chi connectivity index (χ0) is 23.1. The van der Waals surface area contributed by atoms with Crippen LogP contribution < -0.4 is 25.4 Å². The number of aryl methyl sites for hydroxylation is 1. The molecule has 9 nitrogen and oxygen atoms in total. The van der Waals surface area contributed by atoms with Crippen molar-refractivity contribution in [3.05, 3.63) is 66.0 Å². The molecule has 32 heavy (non-hydrogen) atoms. The van der Waals surface area contributed by atoms with Crippen molar-refractivity contribution in [3.8, 4) is 11.5 Å². The minimum absolute atomic E-state index is 0.0150. The van der Waals surface area contributed by atoms with Crippen molar-refractivity contribution >= 4 is 40.5 Å². The minimum Gasteiger partial charge on any atom is -0.497 e. The lowest BCUT2D eigenvalue weighted by Gasteiger charge is -2.11. The van der Waals surface area contributed by atoms with Crippen LogP contribution in [0.3, 0.4) is 0 Å². The zero-order valence-corrected chi connectivity index (χ0v) is 18.7. The first kappa shape index (κ1) is 22.8. The number of amides is 2. The van der Waals surface area contributed by atoms with Gasteiger partial charge in [-0.15, -0.1) is 0 Å². The van der Waals surface area contributed by atoms with E-state index in [1.807, 2.05) is 25.1 Å². The number of hydrogen-bond donors (Lipinski definition) is 3. The number of methoxy groups -OCH3 is 2. The van der Waals surface area contributed by atoms with Crippen LogP contribution >= 0.6 is 12.2 Å². The molecule has 1 aromatic heterocycles. The molecule has 3 rings (SSSR count). The van der Waals surface area contributed by atoms with Crippen LogP contribution in [0.4, 0.5) is 11.4 Å². The van der Waals surface area contributed by atoms with Gasteiger partial charge in [-0.25, -0.2) is 0 Å². The predicted molar refractivity (Wildman–Crippen MR) is 126 cm³/mol. The first-order valence-corrected chi connectivity index (χ1v) is 10.1. The minimum atomic E-state index is -0.460. The van der Waals surface area contributed by atoms with E-state index < -0.39 is 11.8 Å². The maximum atomic E-state index is 12.7.